The lowest BCUT2D eigenvalue weighted by atomic mass is 10.1. The monoisotopic (exact) mass is 446 g/mol. The van der Waals surface area contributed by atoms with Crippen LogP contribution >= 0.6 is 0 Å². The van der Waals surface area contributed by atoms with Gasteiger partial charge in [-0.2, -0.15) is 0 Å². The number of primary amides is 2. The first-order chi connectivity index (χ1) is 14.3. The van der Waals surface area contributed by atoms with Crippen LogP contribution in [0.15, 0.2) is 0 Å². The number of aliphatic carboxylic acids is 2. The van der Waals surface area contributed by atoms with Crippen LogP contribution in [-0.4, -0.2) is 76.4 Å². The van der Waals surface area contributed by atoms with Gasteiger partial charge in [0.05, 0.1) is 12.5 Å². The Balaban J connectivity index is 5.31. The minimum atomic E-state index is -1.57. The Hall–Kier alpha value is -3.75. The Morgan fingerprint density at radius 1 is 0.710 bits per heavy atom. The summed E-state index contributed by atoms with van der Waals surface area (Å²) in [6.07, 6.45) is -1.95. The summed E-state index contributed by atoms with van der Waals surface area (Å²) in [4.78, 5) is 80.1. The molecule has 0 saturated heterocycles. The van der Waals surface area contributed by atoms with E-state index in [0.717, 1.165) is 0 Å². The van der Waals surface area contributed by atoms with Crippen molar-refractivity contribution in [1.82, 2.24) is 16.0 Å². The zero-order chi connectivity index (χ0) is 24.1. The molecule has 0 aliphatic rings. The van der Waals surface area contributed by atoms with Crippen LogP contribution < -0.4 is 33.2 Å². The third-order valence-corrected chi connectivity index (χ3v) is 3.77. The van der Waals surface area contributed by atoms with Gasteiger partial charge in [0.1, 0.15) is 18.6 Å². The van der Waals surface area contributed by atoms with Crippen LogP contribution in [0.2, 0.25) is 0 Å². The van der Waals surface area contributed by atoms with E-state index in [9.17, 15) is 33.6 Å². The second kappa shape index (κ2) is 13.5. The molecule has 0 radical (unpaired) electrons. The van der Waals surface area contributed by atoms with Crippen molar-refractivity contribution >= 4 is 41.5 Å². The van der Waals surface area contributed by atoms with Crippen LogP contribution in [0.25, 0.3) is 0 Å². The van der Waals surface area contributed by atoms with E-state index in [1.54, 1.807) is 0 Å². The molecule has 15 nitrogen and oxygen atoms in total. The molecule has 0 aromatic carbocycles. The summed E-state index contributed by atoms with van der Waals surface area (Å²) in [6.45, 7) is -0.794. The molecule has 0 aliphatic heterocycles. The number of nitrogens with two attached hydrogens (primary N) is 3. The highest BCUT2D eigenvalue weighted by atomic mass is 16.4. The number of amides is 5. The van der Waals surface area contributed by atoms with Crippen molar-refractivity contribution in [2.24, 2.45) is 17.2 Å². The summed E-state index contributed by atoms with van der Waals surface area (Å²) < 4.78 is 0. The second-order valence-electron chi connectivity index (χ2n) is 6.45. The lowest BCUT2D eigenvalue weighted by Crippen LogP contribution is -2.56. The van der Waals surface area contributed by atoms with Crippen LogP contribution in [0.5, 0.6) is 0 Å². The molecule has 5 amide bonds. The van der Waals surface area contributed by atoms with Gasteiger partial charge in [-0.25, -0.2) is 0 Å². The average molecular weight is 446 g/mol. The van der Waals surface area contributed by atoms with Crippen LogP contribution in [-0.2, 0) is 33.6 Å². The smallest absolute Gasteiger partial charge is 0.322 e. The number of carbonyl (C=O) groups is 7. The third-order valence-electron chi connectivity index (χ3n) is 3.77. The van der Waals surface area contributed by atoms with E-state index < -0.39 is 85.4 Å². The largest absolute Gasteiger partial charge is 0.481 e. The molecule has 0 aromatic heterocycles. The first-order valence-corrected chi connectivity index (χ1v) is 8.97. The lowest BCUT2D eigenvalue weighted by Gasteiger charge is -2.23. The van der Waals surface area contributed by atoms with E-state index in [1.807, 2.05) is 5.32 Å². The van der Waals surface area contributed by atoms with Crippen molar-refractivity contribution in [2.45, 2.75) is 50.2 Å². The van der Waals surface area contributed by atoms with Gasteiger partial charge < -0.3 is 43.4 Å². The van der Waals surface area contributed by atoms with E-state index in [0.29, 0.717) is 0 Å². The van der Waals surface area contributed by atoms with Gasteiger partial charge in [-0.15, -0.1) is 0 Å². The van der Waals surface area contributed by atoms with Crippen molar-refractivity contribution in [3.05, 3.63) is 0 Å². The van der Waals surface area contributed by atoms with E-state index >= 15 is 0 Å². The first-order valence-electron chi connectivity index (χ1n) is 8.97. The van der Waals surface area contributed by atoms with Gasteiger partial charge in [-0.05, 0) is 12.8 Å². The van der Waals surface area contributed by atoms with E-state index in [2.05, 4.69) is 10.6 Å². The van der Waals surface area contributed by atoms with Crippen molar-refractivity contribution < 1.29 is 43.8 Å². The van der Waals surface area contributed by atoms with Gasteiger partial charge in [-0.3, -0.25) is 33.6 Å². The molecule has 0 aliphatic carbocycles. The Morgan fingerprint density at radius 3 is 1.77 bits per heavy atom. The van der Waals surface area contributed by atoms with E-state index in [-0.39, 0.29) is 12.8 Å². The molecule has 11 N–H and O–H groups in total. The summed E-state index contributed by atoms with van der Waals surface area (Å²) in [5.74, 6) is -7.30. The molecule has 174 valence electrons. The van der Waals surface area contributed by atoms with Gasteiger partial charge >= 0.3 is 11.9 Å². The number of nitrogens with one attached hydrogen (secondary N) is 3. The molecule has 0 heterocycles. The van der Waals surface area contributed by atoms with Crippen molar-refractivity contribution in [1.29, 1.82) is 0 Å². The number of carboxylic acids is 2. The fourth-order valence-electron chi connectivity index (χ4n) is 2.21. The van der Waals surface area contributed by atoms with E-state index in [1.165, 1.54) is 0 Å². The molecule has 0 fully saturated rings. The fourth-order valence-corrected chi connectivity index (χ4v) is 2.21. The molecule has 0 saturated carbocycles. The quantitative estimate of drug-likeness (QED) is 0.119. The molecule has 0 spiro atoms. The van der Waals surface area contributed by atoms with Gasteiger partial charge in [0, 0.05) is 12.8 Å². The maximum absolute atomic E-state index is 12.5. The highest BCUT2D eigenvalue weighted by Gasteiger charge is 2.29. The summed E-state index contributed by atoms with van der Waals surface area (Å²) in [7, 11) is 0. The summed E-state index contributed by atoms with van der Waals surface area (Å²) >= 11 is 0. The Labute approximate surface area is 176 Å². The number of hydrogen-bond acceptors (Lipinski definition) is 8. The number of hydrogen-bond donors (Lipinski definition) is 8. The highest BCUT2D eigenvalue weighted by Crippen LogP contribution is 2.03. The first kappa shape index (κ1) is 27.2. The van der Waals surface area contributed by atoms with Crippen molar-refractivity contribution in [2.75, 3.05) is 6.54 Å². The lowest BCUT2D eigenvalue weighted by molar-refractivity contribution is -0.139. The molecule has 3 unspecified atom stereocenters. The molecule has 15 heteroatoms. The number of carbonyl (C=O) groups excluding carboxylic acids is 5. The molecule has 0 rings (SSSR count). The average Bonchev–Trinajstić information content (AvgIpc) is 2.65. The second-order valence-corrected chi connectivity index (χ2v) is 6.45. The van der Waals surface area contributed by atoms with Crippen molar-refractivity contribution in [3.8, 4) is 0 Å². The minimum absolute atomic E-state index is 0.129. The van der Waals surface area contributed by atoms with Gasteiger partial charge in [0.2, 0.25) is 29.5 Å². The molecule has 31 heavy (non-hydrogen) atoms. The topological polar surface area (TPSA) is 274 Å². The van der Waals surface area contributed by atoms with Gasteiger partial charge in [-0.1, -0.05) is 0 Å². The standard InChI is InChI=1S/C16H26N6O9/c17-7(1-3-10(18)23)14(29)21-8(2-4-12(25)26)16(31)22-9(5-11(19)24)15(30)20-6-13(27)28/h7-9H,1-6,17H2,(H2,18,23)(H2,19,24)(H,20,30)(H,21,29)(H,22,31)(H,25,26)(H,27,28). The maximum Gasteiger partial charge on any atom is 0.322 e. The normalized spacial score (nSPS) is 13.2. The summed E-state index contributed by atoms with van der Waals surface area (Å²) in [6, 6.07) is -4.27. The zero-order valence-corrected chi connectivity index (χ0v) is 16.5. The zero-order valence-electron chi connectivity index (χ0n) is 16.5. The maximum atomic E-state index is 12.5. The van der Waals surface area contributed by atoms with E-state index in [4.69, 9.17) is 27.4 Å². The predicted molar refractivity (Wildman–Crippen MR) is 102 cm³/mol. The summed E-state index contributed by atoms with van der Waals surface area (Å²) in [5.41, 5.74) is 15.6. The van der Waals surface area contributed by atoms with Crippen LogP contribution in [0.3, 0.4) is 0 Å². The molecular formula is C16H26N6O9. The SMILES string of the molecule is NC(=O)CCC(N)C(=O)NC(CCC(=O)O)C(=O)NC(CC(N)=O)C(=O)NCC(=O)O. The van der Waals surface area contributed by atoms with Gasteiger partial charge in [0.25, 0.3) is 0 Å². The molecular weight excluding hydrogens is 420 g/mol. The predicted octanol–water partition coefficient (Wildman–Crippen LogP) is -4.51. The third kappa shape index (κ3) is 12.4. The minimum Gasteiger partial charge on any atom is -0.481 e. The van der Waals surface area contributed by atoms with Gasteiger partial charge in [0.15, 0.2) is 0 Å². The van der Waals surface area contributed by atoms with Crippen LogP contribution in [0.4, 0.5) is 0 Å². The Bertz CT molecular complexity index is 726. The van der Waals surface area contributed by atoms with Crippen LogP contribution in [0, 0.1) is 0 Å². The molecule has 0 bridgehead atoms. The molecule has 3 atom stereocenters. The van der Waals surface area contributed by atoms with Crippen LogP contribution in [0.1, 0.15) is 32.1 Å². The Morgan fingerprint density at radius 2 is 1.29 bits per heavy atom. The van der Waals surface area contributed by atoms with Crippen molar-refractivity contribution in [3.63, 3.8) is 0 Å². The number of rotatable bonds is 15. The molecule has 0 aromatic rings. The summed E-state index contributed by atoms with van der Waals surface area (Å²) in [5, 5.41) is 23.7. The number of carboxylic acid groups (broad SMARTS) is 2. The fraction of sp³-hybridized carbons (Fsp3) is 0.562. The highest BCUT2D eigenvalue weighted by molar-refractivity contribution is 5.95. The Kier molecular flexibility index (Phi) is 11.8.